The number of ether oxygens (including phenoxy) is 1. The van der Waals surface area contributed by atoms with Gasteiger partial charge in [0.15, 0.2) is 0 Å². The quantitative estimate of drug-likeness (QED) is 0.669. The number of nitrogens with two attached hydrogens (primary N) is 1. The number of benzene rings is 1. The summed E-state index contributed by atoms with van der Waals surface area (Å²) in [7, 11) is -4.21. The SMILES string of the molecule is NS(=O)(=O)c1cc(F)ccc1OCCCC(F)(F)F. The van der Waals surface area contributed by atoms with Gasteiger partial charge in [-0.05, 0) is 24.6 Å². The minimum Gasteiger partial charge on any atom is -0.492 e. The Bertz CT molecular complexity index is 542. The lowest BCUT2D eigenvalue weighted by molar-refractivity contribution is -0.136. The van der Waals surface area contributed by atoms with Crippen LogP contribution in [0.2, 0.25) is 0 Å². The van der Waals surface area contributed by atoms with Gasteiger partial charge in [-0.1, -0.05) is 0 Å². The maximum atomic E-state index is 12.9. The Morgan fingerprint density at radius 1 is 1.26 bits per heavy atom. The van der Waals surface area contributed by atoms with Crippen molar-refractivity contribution in [2.24, 2.45) is 5.14 Å². The van der Waals surface area contributed by atoms with Crippen molar-refractivity contribution in [3.8, 4) is 5.75 Å². The summed E-state index contributed by atoms with van der Waals surface area (Å²) in [5, 5.41) is 4.85. The second-order valence-corrected chi connectivity index (χ2v) is 5.23. The van der Waals surface area contributed by atoms with Crippen LogP contribution in [0.5, 0.6) is 5.75 Å². The van der Waals surface area contributed by atoms with E-state index in [-0.39, 0.29) is 18.8 Å². The molecule has 0 aliphatic rings. The summed E-state index contributed by atoms with van der Waals surface area (Å²) >= 11 is 0. The second-order valence-electron chi connectivity index (χ2n) is 3.70. The molecule has 0 amide bonds. The van der Waals surface area contributed by atoms with Crippen LogP contribution in [0.3, 0.4) is 0 Å². The Kier molecular flexibility index (Phi) is 4.75. The molecule has 0 saturated carbocycles. The fraction of sp³-hybridized carbons (Fsp3) is 0.400. The van der Waals surface area contributed by atoms with Crippen molar-refractivity contribution in [2.45, 2.75) is 23.9 Å². The third-order valence-corrected chi connectivity index (χ3v) is 3.01. The van der Waals surface area contributed by atoms with Crippen molar-refractivity contribution in [1.29, 1.82) is 0 Å². The Morgan fingerprint density at radius 2 is 1.89 bits per heavy atom. The minimum atomic E-state index is -4.31. The van der Waals surface area contributed by atoms with Crippen LogP contribution in [0, 0.1) is 5.82 Å². The predicted octanol–water partition coefficient (Wildman–Crippen LogP) is 2.19. The van der Waals surface area contributed by atoms with Crippen molar-refractivity contribution in [3.63, 3.8) is 0 Å². The average molecular weight is 301 g/mol. The number of alkyl halides is 3. The molecule has 0 aliphatic heterocycles. The smallest absolute Gasteiger partial charge is 0.389 e. The van der Waals surface area contributed by atoms with E-state index in [1.807, 2.05) is 0 Å². The number of hydrogen-bond acceptors (Lipinski definition) is 3. The fourth-order valence-electron chi connectivity index (χ4n) is 1.28. The van der Waals surface area contributed by atoms with E-state index in [0.717, 1.165) is 12.1 Å². The molecule has 19 heavy (non-hydrogen) atoms. The number of hydrogen-bond donors (Lipinski definition) is 1. The molecule has 0 unspecified atom stereocenters. The van der Waals surface area contributed by atoms with Gasteiger partial charge in [-0.25, -0.2) is 17.9 Å². The maximum absolute atomic E-state index is 12.9. The van der Waals surface area contributed by atoms with E-state index in [0.29, 0.717) is 6.07 Å². The van der Waals surface area contributed by atoms with Gasteiger partial charge in [0.2, 0.25) is 10.0 Å². The van der Waals surface area contributed by atoms with Gasteiger partial charge in [0.1, 0.15) is 16.5 Å². The lowest BCUT2D eigenvalue weighted by atomic mass is 10.3. The van der Waals surface area contributed by atoms with Crippen LogP contribution in [-0.4, -0.2) is 21.2 Å². The van der Waals surface area contributed by atoms with Crippen molar-refractivity contribution in [3.05, 3.63) is 24.0 Å². The molecule has 0 bridgehead atoms. The van der Waals surface area contributed by atoms with Gasteiger partial charge in [-0.3, -0.25) is 0 Å². The van der Waals surface area contributed by atoms with Gasteiger partial charge in [-0.15, -0.1) is 0 Å². The third-order valence-electron chi connectivity index (χ3n) is 2.07. The van der Waals surface area contributed by atoms with E-state index in [1.54, 1.807) is 0 Å². The zero-order valence-electron chi connectivity index (χ0n) is 9.58. The van der Waals surface area contributed by atoms with Gasteiger partial charge >= 0.3 is 6.18 Å². The first-order valence-corrected chi connectivity index (χ1v) is 6.66. The highest BCUT2D eigenvalue weighted by atomic mass is 32.2. The molecular weight excluding hydrogens is 290 g/mol. The fourth-order valence-corrected chi connectivity index (χ4v) is 1.96. The monoisotopic (exact) mass is 301 g/mol. The Morgan fingerprint density at radius 3 is 2.42 bits per heavy atom. The summed E-state index contributed by atoms with van der Waals surface area (Å²) in [6.45, 7) is -0.354. The molecule has 108 valence electrons. The molecule has 0 aromatic heterocycles. The molecule has 1 aromatic carbocycles. The number of sulfonamides is 1. The van der Waals surface area contributed by atoms with Crippen LogP contribution in [0.25, 0.3) is 0 Å². The summed E-state index contributed by atoms with van der Waals surface area (Å²) < 4.78 is 75.7. The Balaban J connectivity index is 2.74. The van der Waals surface area contributed by atoms with Crippen LogP contribution in [0.15, 0.2) is 23.1 Å². The van der Waals surface area contributed by atoms with Crippen molar-refractivity contribution in [1.82, 2.24) is 0 Å². The highest BCUT2D eigenvalue weighted by molar-refractivity contribution is 7.89. The zero-order valence-corrected chi connectivity index (χ0v) is 10.4. The van der Waals surface area contributed by atoms with E-state index in [9.17, 15) is 26.0 Å². The lowest BCUT2D eigenvalue weighted by Crippen LogP contribution is -2.15. The molecule has 4 nitrogen and oxygen atoms in total. The van der Waals surface area contributed by atoms with Crippen LogP contribution in [0.1, 0.15) is 12.8 Å². The first kappa shape index (κ1) is 15.7. The van der Waals surface area contributed by atoms with E-state index in [4.69, 9.17) is 9.88 Å². The van der Waals surface area contributed by atoms with Crippen LogP contribution >= 0.6 is 0 Å². The van der Waals surface area contributed by atoms with Gasteiger partial charge in [0.25, 0.3) is 0 Å². The number of primary sulfonamides is 1. The van der Waals surface area contributed by atoms with E-state index >= 15 is 0 Å². The number of halogens is 4. The molecule has 1 aromatic rings. The maximum Gasteiger partial charge on any atom is 0.389 e. The van der Waals surface area contributed by atoms with Crippen LogP contribution in [0.4, 0.5) is 17.6 Å². The molecule has 0 heterocycles. The summed E-state index contributed by atoms with van der Waals surface area (Å²) in [5.41, 5.74) is 0. The molecule has 1 rings (SSSR count). The molecule has 0 radical (unpaired) electrons. The van der Waals surface area contributed by atoms with Crippen LogP contribution < -0.4 is 9.88 Å². The molecule has 0 saturated heterocycles. The highest BCUT2D eigenvalue weighted by Crippen LogP contribution is 2.25. The van der Waals surface area contributed by atoms with Gasteiger partial charge in [-0.2, -0.15) is 13.2 Å². The molecule has 0 atom stereocenters. The molecular formula is C10H11F4NO3S. The second kappa shape index (κ2) is 5.74. The predicted molar refractivity (Wildman–Crippen MR) is 58.6 cm³/mol. The molecule has 0 spiro atoms. The Labute approximate surface area is 107 Å². The zero-order chi connectivity index (χ0) is 14.7. The largest absolute Gasteiger partial charge is 0.492 e. The third kappa shape index (κ3) is 5.43. The normalized spacial score (nSPS) is 12.5. The van der Waals surface area contributed by atoms with Gasteiger partial charge < -0.3 is 4.74 Å². The van der Waals surface area contributed by atoms with Crippen molar-refractivity contribution < 1.29 is 30.7 Å². The topological polar surface area (TPSA) is 69.4 Å². The van der Waals surface area contributed by atoms with Gasteiger partial charge in [0, 0.05) is 6.42 Å². The standard InChI is InChI=1S/C10H11F4NO3S/c11-7-2-3-8(9(6-7)19(15,16)17)18-5-1-4-10(12,13)14/h2-3,6H,1,4-5H2,(H2,15,16,17). The van der Waals surface area contributed by atoms with Crippen molar-refractivity contribution >= 4 is 10.0 Å². The summed E-state index contributed by atoms with van der Waals surface area (Å²) in [6.07, 6.45) is -5.71. The minimum absolute atomic E-state index is 0.272. The first-order chi connectivity index (χ1) is 8.59. The lowest BCUT2D eigenvalue weighted by Gasteiger charge is -2.11. The van der Waals surface area contributed by atoms with Crippen molar-refractivity contribution in [2.75, 3.05) is 6.61 Å². The summed E-state index contributed by atoms with van der Waals surface area (Å²) in [5.74, 6) is -1.11. The van der Waals surface area contributed by atoms with Crippen LogP contribution in [-0.2, 0) is 10.0 Å². The summed E-state index contributed by atoms with van der Waals surface area (Å²) in [4.78, 5) is -0.598. The molecule has 0 fully saturated rings. The molecule has 2 N–H and O–H groups in total. The highest BCUT2D eigenvalue weighted by Gasteiger charge is 2.26. The van der Waals surface area contributed by atoms with E-state index < -0.39 is 33.3 Å². The molecule has 9 heteroatoms. The van der Waals surface area contributed by atoms with Gasteiger partial charge in [0.05, 0.1) is 6.61 Å². The number of rotatable bonds is 5. The Hall–Kier alpha value is -1.35. The summed E-state index contributed by atoms with van der Waals surface area (Å²) in [6, 6.07) is 2.57. The first-order valence-electron chi connectivity index (χ1n) is 5.11. The van der Waals surface area contributed by atoms with E-state index in [2.05, 4.69) is 0 Å². The molecule has 0 aliphatic carbocycles. The average Bonchev–Trinajstić information content (AvgIpc) is 2.23. The van der Waals surface area contributed by atoms with E-state index in [1.165, 1.54) is 0 Å².